The predicted molar refractivity (Wildman–Crippen MR) is 99.4 cm³/mol. The summed E-state index contributed by atoms with van der Waals surface area (Å²) in [7, 11) is 4.41. The van der Waals surface area contributed by atoms with Crippen LogP contribution in [0.5, 0.6) is 11.5 Å². The van der Waals surface area contributed by atoms with Crippen molar-refractivity contribution in [1.82, 2.24) is 10.6 Å². The largest absolute Gasteiger partial charge is 0.493 e. The normalized spacial score (nSPS) is 20.2. The van der Waals surface area contributed by atoms with Gasteiger partial charge in [-0.2, -0.15) is 0 Å². The summed E-state index contributed by atoms with van der Waals surface area (Å²) in [4.78, 5) is 26.2. The van der Waals surface area contributed by atoms with Crippen molar-refractivity contribution >= 4 is 12.0 Å². The number of carbonyl (C=O) groups excluding carboxylic acids is 2. The lowest BCUT2D eigenvalue weighted by Gasteiger charge is -2.31. The number of amides is 2. The number of methoxy groups -OCH3 is 3. The molecule has 3 rings (SSSR count). The van der Waals surface area contributed by atoms with Gasteiger partial charge in [0.2, 0.25) is 0 Å². The van der Waals surface area contributed by atoms with Crippen LogP contribution in [0.4, 0.5) is 4.79 Å². The summed E-state index contributed by atoms with van der Waals surface area (Å²) in [5.41, 5.74) is 1.64. The Balaban J connectivity index is 2.00. The van der Waals surface area contributed by atoms with Gasteiger partial charge in [0.1, 0.15) is 19.6 Å². The Kier molecular flexibility index (Phi) is 6.37. The molecule has 0 aromatic heterocycles. The molecule has 0 radical (unpaired) electrons. The number of quaternary nitrogens is 1. The third-order valence-corrected chi connectivity index (χ3v) is 4.93. The molecule has 3 N–H and O–H groups in total. The van der Waals surface area contributed by atoms with Crippen LogP contribution in [0.1, 0.15) is 11.6 Å². The highest BCUT2D eigenvalue weighted by molar-refractivity contribution is 5.95. The van der Waals surface area contributed by atoms with Crippen molar-refractivity contribution in [2.24, 2.45) is 0 Å². The van der Waals surface area contributed by atoms with Crippen LogP contribution in [0.25, 0.3) is 0 Å². The van der Waals surface area contributed by atoms with E-state index in [1.54, 1.807) is 25.3 Å². The molecule has 1 fully saturated rings. The van der Waals surface area contributed by atoms with E-state index < -0.39 is 12.0 Å². The molecule has 1 saturated heterocycles. The van der Waals surface area contributed by atoms with E-state index in [0.717, 1.165) is 13.1 Å². The van der Waals surface area contributed by atoms with Gasteiger partial charge >= 0.3 is 12.0 Å². The molecule has 0 saturated carbocycles. The molecule has 152 valence electrons. The summed E-state index contributed by atoms with van der Waals surface area (Å²) in [5.74, 6) is 0.584. The van der Waals surface area contributed by atoms with Crippen molar-refractivity contribution in [3.8, 4) is 11.5 Å². The van der Waals surface area contributed by atoms with Crippen molar-refractivity contribution in [3.63, 3.8) is 0 Å². The second kappa shape index (κ2) is 8.94. The Labute approximate surface area is 163 Å². The van der Waals surface area contributed by atoms with Gasteiger partial charge < -0.3 is 34.5 Å². The highest BCUT2D eigenvalue weighted by Crippen LogP contribution is 2.34. The van der Waals surface area contributed by atoms with E-state index >= 15 is 0 Å². The Morgan fingerprint density at radius 2 is 1.89 bits per heavy atom. The van der Waals surface area contributed by atoms with E-state index in [1.165, 1.54) is 19.1 Å². The smallest absolute Gasteiger partial charge is 0.338 e. The summed E-state index contributed by atoms with van der Waals surface area (Å²) in [6, 6.07) is 4.26. The lowest BCUT2D eigenvalue weighted by Crippen LogP contribution is -3.14. The van der Waals surface area contributed by atoms with E-state index in [2.05, 4.69) is 10.6 Å². The van der Waals surface area contributed by atoms with Gasteiger partial charge in [0, 0.05) is 0 Å². The van der Waals surface area contributed by atoms with Crippen molar-refractivity contribution in [2.75, 3.05) is 54.2 Å². The van der Waals surface area contributed by atoms with Crippen molar-refractivity contribution in [3.05, 3.63) is 35.0 Å². The molecule has 28 heavy (non-hydrogen) atoms. The van der Waals surface area contributed by atoms with Gasteiger partial charge in [-0.15, -0.1) is 0 Å². The standard InChI is InChI=1S/C19H25N3O6/c1-25-14-5-4-12(10-15(14)26-2)17-16(18(23)27-3)13(20-19(24)21-17)11-22-6-8-28-9-7-22/h4-5,10,17H,6-9,11H2,1-3H3,(H2,20,21,24)/p+1/t17-/m1/s1. The summed E-state index contributed by atoms with van der Waals surface area (Å²) in [6.45, 7) is 3.43. The van der Waals surface area contributed by atoms with Gasteiger partial charge in [-0.1, -0.05) is 6.07 Å². The number of morpholine rings is 1. The number of nitrogens with one attached hydrogen (secondary N) is 3. The molecular formula is C19H26N3O6+. The van der Waals surface area contributed by atoms with Crippen LogP contribution in [0.3, 0.4) is 0 Å². The summed E-state index contributed by atoms with van der Waals surface area (Å²) >= 11 is 0. The quantitative estimate of drug-likeness (QED) is 0.559. The molecule has 0 spiro atoms. The first-order valence-electron chi connectivity index (χ1n) is 9.09. The van der Waals surface area contributed by atoms with Crippen LogP contribution >= 0.6 is 0 Å². The maximum atomic E-state index is 12.6. The van der Waals surface area contributed by atoms with Crippen molar-refractivity contribution in [1.29, 1.82) is 0 Å². The fourth-order valence-electron chi connectivity index (χ4n) is 3.48. The zero-order chi connectivity index (χ0) is 20.1. The molecule has 9 nitrogen and oxygen atoms in total. The molecule has 2 aliphatic rings. The highest BCUT2D eigenvalue weighted by Gasteiger charge is 2.35. The van der Waals surface area contributed by atoms with E-state index in [1.807, 2.05) is 0 Å². The Morgan fingerprint density at radius 1 is 1.18 bits per heavy atom. The second-order valence-electron chi connectivity index (χ2n) is 6.57. The monoisotopic (exact) mass is 392 g/mol. The van der Waals surface area contributed by atoms with E-state index in [0.29, 0.717) is 48.1 Å². The number of benzene rings is 1. The van der Waals surface area contributed by atoms with E-state index in [9.17, 15) is 9.59 Å². The fourth-order valence-corrected chi connectivity index (χ4v) is 3.48. The third kappa shape index (κ3) is 4.20. The summed E-state index contributed by atoms with van der Waals surface area (Å²) in [5, 5.41) is 5.61. The molecule has 1 aromatic rings. The molecule has 1 aromatic carbocycles. The maximum Gasteiger partial charge on any atom is 0.338 e. The summed E-state index contributed by atoms with van der Waals surface area (Å²) < 4.78 is 21.0. The van der Waals surface area contributed by atoms with E-state index in [4.69, 9.17) is 18.9 Å². The lowest BCUT2D eigenvalue weighted by molar-refractivity contribution is -0.903. The molecule has 9 heteroatoms. The molecule has 2 heterocycles. The molecule has 0 bridgehead atoms. The average molecular weight is 392 g/mol. The van der Waals surface area contributed by atoms with Crippen LogP contribution in [-0.2, 0) is 14.3 Å². The fraction of sp³-hybridized carbons (Fsp3) is 0.474. The zero-order valence-electron chi connectivity index (χ0n) is 16.3. The second-order valence-corrected chi connectivity index (χ2v) is 6.57. The maximum absolute atomic E-state index is 12.6. The number of esters is 1. The van der Waals surface area contributed by atoms with Crippen LogP contribution in [0, 0.1) is 0 Å². The summed E-state index contributed by atoms with van der Waals surface area (Å²) in [6.07, 6.45) is 0. The predicted octanol–water partition coefficient (Wildman–Crippen LogP) is -0.600. The number of urea groups is 1. The lowest BCUT2D eigenvalue weighted by atomic mass is 9.94. The molecule has 2 aliphatic heterocycles. The minimum absolute atomic E-state index is 0.366. The molecule has 0 unspecified atom stereocenters. The molecule has 2 amide bonds. The SMILES string of the molecule is COC(=O)C1=C(C[NH+]2CCOCC2)NC(=O)N[C@@H]1c1ccc(OC)c(OC)c1. The highest BCUT2D eigenvalue weighted by atomic mass is 16.5. The Bertz CT molecular complexity index is 773. The van der Waals surface area contributed by atoms with Crippen LogP contribution < -0.4 is 25.0 Å². The Hall–Kier alpha value is -2.78. The number of rotatable bonds is 6. The van der Waals surface area contributed by atoms with Gasteiger partial charge in [-0.3, -0.25) is 0 Å². The third-order valence-electron chi connectivity index (χ3n) is 4.93. The zero-order valence-corrected chi connectivity index (χ0v) is 16.3. The first-order valence-corrected chi connectivity index (χ1v) is 9.09. The molecular weight excluding hydrogens is 366 g/mol. The number of hydrogen-bond acceptors (Lipinski definition) is 6. The van der Waals surface area contributed by atoms with Crippen LogP contribution in [0.15, 0.2) is 29.5 Å². The number of carbonyl (C=O) groups is 2. The van der Waals surface area contributed by atoms with Gasteiger partial charge in [0.15, 0.2) is 11.5 Å². The first kappa shape index (κ1) is 20.0. The molecule has 0 aliphatic carbocycles. The van der Waals surface area contributed by atoms with Gasteiger partial charge in [-0.05, 0) is 17.7 Å². The minimum Gasteiger partial charge on any atom is -0.493 e. The average Bonchev–Trinajstić information content (AvgIpc) is 2.73. The first-order chi connectivity index (χ1) is 13.6. The minimum atomic E-state index is -0.656. The molecule has 1 atom stereocenters. The van der Waals surface area contributed by atoms with Crippen LogP contribution in [-0.4, -0.2) is 66.2 Å². The van der Waals surface area contributed by atoms with Crippen molar-refractivity contribution < 1.29 is 33.4 Å². The number of ether oxygens (including phenoxy) is 4. The van der Waals surface area contributed by atoms with Gasteiger partial charge in [0.05, 0.1) is 51.9 Å². The van der Waals surface area contributed by atoms with E-state index in [-0.39, 0.29) is 6.03 Å². The topological polar surface area (TPSA) is 99.6 Å². The van der Waals surface area contributed by atoms with Gasteiger partial charge in [-0.25, -0.2) is 9.59 Å². The van der Waals surface area contributed by atoms with Gasteiger partial charge in [0.25, 0.3) is 0 Å². The number of hydrogen-bond donors (Lipinski definition) is 3. The Morgan fingerprint density at radius 3 is 2.54 bits per heavy atom. The van der Waals surface area contributed by atoms with Crippen LogP contribution in [0.2, 0.25) is 0 Å². The van der Waals surface area contributed by atoms with Crippen molar-refractivity contribution in [2.45, 2.75) is 6.04 Å².